The maximum Gasteiger partial charge on any atom is 0.172 e. The molecule has 2 bridgehead atoms. The summed E-state index contributed by atoms with van der Waals surface area (Å²) in [5.74, 6) is 0.0278. The van der Waals surface area contributed by atoms with Gasteiger partial charge < -0.3 is 19.7 Å². The molecule has 1 heterocycles. The SMILES string of the molecule is C=C[C@@]1(C)C[C@@H](O)[C@@]2(C)C3C4(CCC3(CC[C@H]2C)C(C)C1O)OCCO4. The van der Waals surface area contributed by atoms with Crippen molar-refractivity contribution in [3.05, 3.63) is 12.7 Å². The maximum absolute atomic E-state index is 11.5. The van der Waals surface area contributed by atoms with Gasteiger partial charge in [-0.15, -0.1) is 6.58 Å². The fraction of sp³-hybridized carbons (Fsp3) is 0.909. The molecule has 1 saturated heterocycles. The van der Waals surface area contributed by atoms with Gasteiger partial charge in [-0.05, 0) is 42.9 Å². The van der Waals surface area contributed by atoms with Gasteiger partial charge in [-0.1, -0.05) is 33.8 Å². The van der Waals surface area contributed by atoms with Crippen LogP contribution in [0.15, 0.2) is 12.7 Å². The summed E-state index contributed by atoms with van der Waals surface area (Å²) in [6.45, 7) is 14.1. The molecule has 8 atom stereocenters. The third-order valence-electron chi connectivity index (χ3n) is 9.33. The molecule has 4 aliphatic rings. The Bertz CT molecular complexity index is 585. The van der Waals surface area contributed by atoms with Crippen molar-refractivity contribution in [3.63, 3.8) is 0 Å². The van der Waals surface area contributed by atoms with Crippen molar-refractivity contribution in [1.82, 2.24) is 0 Å². The van der Waals surface area contributed by atoms with Crippen molar-refractivity contribution < 1.29 is 19.7 Å². The van der Waals surface area contributed by atoms with Crippen LogP contribution in [0, 0.1) is 34.0 Å². The molecule has 0 amide bonds. The summed E-state index contributed by atoms with van der Waals surface area (Å²) in [7, 11) is 0. The molecule has 148 valence electrons. The number of aliphatic hydroxyl groups excluding tert-OH is 2. The lowest BCUT2D eigenvalue weighted by Crippen LogP contribution is -2.65. The van der Waals surface area contributed by atoms with Crippen molar-refractivity contribution in [2.45, 2.75) is 77.8 Å². The van der Waals surface area contributed by atoms with Crippen LogP contribution >= 0.6 is 0 Å². The lowest BCUT2D eigenvalue weighted by molar-refractivity contribution is -0.281. The molecule has 4 heteroatoms. The fourth-order valence-electron chi connectivity index (χ4n) is 7.44. The Kier molecular flexibility index (Phi) is 4.21. The van der Waals surface area contributed by atoms with E-state index in [0.717, 1.165) is 25.7 Å². The second-order valence-electron chi connectivity index (χ2n) is 10.1. The Balaban J connectivity index is 1.92. The second-order valence-corrected chi connectivity index (χ2v) is 10.1. The van der Waals surface area contributed by atoms with Crippen LogP contribution in [0.25, 0.3) is 0 Å². The van der Waals surface area contributed by atoms with Gasteiger partial charge in [0.25, 0.3) is 0 Å². The molecule has 4 unspecified atom stereocenters. The average molecular weight is 365 g/mol. The minimum atomic E-state index is -0.583. The number of aliphatic hydroxyl groups is 2. The highest BCUT2D eigenvalue weighted by atomic mass is 16.7. The Hall–Kier alpha value is -0.420. The second kappa shape index (κ2) is 5.79. The molecule has 0 aromatic rings. The molecular weight excluding hydrogens is 328 g/mol. The molecule has 4 rings (SSSR count). The lowest BCUT2D eigenvalue weighted by Gasteiger charge is -2.63. The van der Waals surface area contributed by atoms with Crippen molar-refractivity contribution in [2.24, 2.45) is 34.0 Å². The van der Waals surface area contributed by atoms with Crippen LogP contribution in [0.4, 0.5) is 0 Å². The van der Waals surface area contributed by atoms with Gasteiger partial charge >= 0.3 is 0 Å². The van der Waals surface area contributed by atoms with Gasteiger partial charge in [0.1, 0.15) is 0 Å². The minimum absolute atomic E-state index is 0.0588. The summed E-state index contributed by atoms with van der Waals surface area (Å²) in [6.07, 6.45) is 5.38. The van der Waals surface area contributed by atoms with Crippen molar-refractivity contribution in [3.8, 4) is 0 Å². The van der Waals surface area contributed by atoms with Crippen LogP contribution in [0.1, 0.15) is 59.8 Å². The topological polar surface area (TPSA) is 58.9 Å². The summed E-state index contributed by atoms with van der Waals surface area (Å²) in [4.78, 5) is 0. The van der Waals surface area contributed by atoms with Crippen LogP contribution in [-0.4, -0.2) is 41.4 Å². The van der Waals surface area contributed by atoms with Crippen molar-refractivity contribution >= 4 is 0 Å². The van der Waals surface area contributed by atoms with E-state index >= 15 is 0 Å². The van der Waals surface area contributed by atoms with E-state index in [4.69, 9.17) is 9.47 Å². The van der Waals surface area contributed by atoms with Crippen LogP contribution in [0.5, 0.6) is 0 Å². The van der Waals surface area contributed by atoms with E-state index in [0.29, 0.717) is 25.6 Å². The van der Waals surface area contributed by atoms with E-state index in [-0.39, 0.29) is 22.7 Å². The predicted octanol–water partition coefficient (Wildman–Crippen LogP) is 3.52. The Morgan fingerprint density at radius 1 is 1.04 bits per heavy atom. The van der Waals surface area contributed by atoms with Gasteiger partial charge in [0.05, 0.1) is 25.4 Å². The van der Waals surface area contributed by atoms with Gasteiger partial charge in [-0.2, -0.15) is 0 Å². The Morgan fingerprint density at radius 2 is 1.69 bits per heavy atom. The maximum atomic E-state index is 11.5. The number of ether oxygens (including phenoxy) is 2. The summed E-state index contributed by atoms with van der Waals surface area (Å²) in [5, 5.41) is 22.9. The van der Waals surface area contributed by atoms with Gasteiger partial charge in [-0.25, -0.2) is 0 Å². The summed E-state index contributed by atoms with van der Waals surface area (Å²) < 4.78 is 12.6. The largest absolute Gasteiger partial charge is 0.393 e. The Morgan fingerprint density at radius 3 is 2.31 bits per heavy atom. The van der Waals surface area contributed by atoms with Crippen molar-refractivity contribution in [1.29, 1.82) is 0 Å². The number of hydrogen-bond acceptors (Lipinski definition) is 4. The highest BCUT2D eigenvalue weighted by Gasteiger charge is 2.73. The smallest absolute Gasteiger partial charge is 0.172 e. The Labute approximate surface area is 158 Å². The molecule has 4 fully saturated rings. The van der Waals surface area contributed by atoms with Crippen LogP contribution in [0.2, 0.25) is 0 Å². The minimum Gasteiger partial charge on any atom is -0.393 e. The predicted molar refractivity (Wildman–Crippen MR) is 100 cm³/mol. The van der Waals surface area contributed by atoms with Gasteiger partial charge in [0.2, 0.25) is 0 Å². The summed E-state index contributed by atoms with van der Waals surface area (Å²) >= 11 is 0. The molecule has 4 nitrogen and oxygen atoms in total. The first kappa shape index (κ1) is 18.9. The zero-order chi connectivity index (χ0) is 19.0. The van der Waals surface area contributed by atoms with E-state index in [1.54, 1.807) is 0 Å². The first-order chi connectivity index (χ1) is 12.2. The lowest BCUT2D eigenvalue weighted by atomic mass is 9.43. The molecule has 3 saturated carbocycles. The molecule has 1 aliphatic heterocycles. The fourth-order valence-corrected chi connectivity index (χ4v) is 7.44. The van der Waals surface area contributed by atoms with E-state index in [9.17, 15) is 10.2 Å². The average Bonchev–Trinajstić information content (AvgIpc) is 3.23. The van der Waals surface area contributed by atoms with Gasteiger partial charge in [0, 0.05) is 23.2 Å². The third-order valence-corrected chi connectivity index (χ3v) is 9.33. The first-order valence-electron chi connectivity index (χ1n) is 10.4. The van der Waals surface area contributed by atoms with E-state index < -0.39 is 23.4 Å². The van der Waals surface area contributed by atoms with Crippen LogP contribution in [0.3, 0.4) is 0 Å². The molecule has 26 heavy (non-hydrogen) atoms. The molecule has 0 aromatic carbocycles. The number of hydrogen-bond donors (Lipinski definition) is 2. The molecule has 0 aromatic heterocycles. The van der Waals surface area contributed by atoms with E-state index in [1.165, 1.54) is 0 Å². The van der Waals surface area contributed by atoms with E-state index in [1.807, 2.05) is 6.08 Å². The summed E-state index contributed by atoms with van der Waals surface area (Å²) in [5.41, 5.74) is -0.837. The molecule has 0 radical (unpaired) electrons. The molecular formula is C22H36O4. The molecule has 3 aliphatic carbocycles. The first-order valence-corrected chi connectivity index (χ1v) is 10.4. The normalized spacial score (nSPS) is 56.0. The monoisotopic (exact) mass is 364 g/mol. The highest BCUT2D eigenvalue weighted by Crippen LogP contribution is 2.72. The van der Waals surface area contributed by atoms with Crippen LogP contribution in [-0.2, 0) is 9.47 Å². The van der Waals surface area contributed by atoms with Crippen LogP contribution < -0.4 is 0 Å². The zero-order valence-electron chi connectivity index (χ0n) is 16.8. The highest BCUT2D eigenvalue weighted by molar-refractivity contribution is 5.20. The molecule has 2 N–H and O–H groups in total. The van der Waals surface area contributed by atoms with Crippen molar-refractivity contribution in [2.75, 3.05) is 13.2 Å². The zero-order valence-corrected chi connectivity index (χ0v) is 16.8. The molecule has 1 spiro atoms. The standard InChI is InChI=1S/C22H36O4/c1-6-19(4)13-16(23)20(5)14(2)7-8-21(15(3)17(19)24)9-10-22(18(20)21)25-11-12-26-22/h6,14-18,23-24H,1,7-13H2,2-5H3/t14-,15?,16-,17?,18?,19+,20+,21?/m1/s1. The quantitative estimate of drug-likeness (QED) is 0.699. The summed E-state index contributed by atoms with van der Waals surface area (Å²) in [6, 6.07) is 0. The van der Waals surface area contributed by atoms with Gasteiger partial charge in [0.15, 0.2) is 5.79 Å². The third kappa shape index (κ3) is 2.10. The van der Waals surface area contributed by atoms with Gasteiger partial charge in [-0.3, -0.25) is 0 Å². The number of rotatable bonds is 1. The van der Waals surface area contributed by atoms with E-state index in [2.05, 4.69) is 34.3 Å².